The lowest BCUT2D eigenvalue weighted by Crippen LogP contribution is -2.25. The minimum absolute atomic E-state index is 0.138. The molecule has 0 fully saturated rings. The molecule has 0 saturated carbocycles. The van der Waals surface area contributed by atoms with Crippen molar-refractivity contribution in [2.45, 2.75) is 12.4 Å². The van der Waals surface area contributed by atoms with Crippen molar-refractivity contribution in [3.05, 3.63) is 76.1 Å². The van der Waals surface area contributed by atoms with Gasteiger partial charge in [-0.25, -0.2) is 9.37 Å². The average Bonchev–Trinajstić information content (AvgIpc) is 2.52. The van der Waals surface area contributed by atoms with Crippen LogP contribution >= 0.6 is 11.6 Å². The monoisotopic (exact) mass is 302 g/mol. The zero-order valence-electron chi connectivity index (χ0n) is 11.1. The number of benzene rings is 2. The van der Waals surface area contributed by atoms with Crippen LogP contribution < -0.4 is 5.56 Å². The second-order valence-corrected chi connectivity index (χ2v) is 4.96. The summed E-state index contributed by atoms with van der Waals surface area (Å²) >= 11 is 5.91. The first-order chi connectivity index (χ1) is 10.2. The van der Waals surface area contributed by atoms with Gasteiger partial charge in [0.2, 0.25) is 0 Å². The van der Waals surface area contributed by atoms with Crippen molar-refractivity contribution >= 4 is 22.5 Å². The van der Waals surface area contributed by atoms with Crippen molar-refractivity contribution in [2.24, 2.45) is 0 Å². The standard InChI is InChI=1S/C16H12ClFN2O/c17-9-15-19-14-4-2-1-3-13(14)16(21)20(15)10-11-5-7-12(18)8-6-11/h1-8H,9-10H2. The summed E-state index contributed by atoms with van der Waals surface area (Å²) in [5.74, 6) is 0.339. The van der Waals surface area contributed by atoms with Crippen LogP contribution in [0.2, 0.25) is 0 Å². The number of para-hydroxylation sites is 1. The third-order valence-corrected chi connectivity index (χ3v) is 3.55. The molecule has 21 heavy (non-hydrogen) atoms. The lowest BCUT2D eigenvalue weighted by Gasteiger charge is -2.12. The highest BCUT2D eigenvalue weighted by molar-refractivity contribution is 6.16. The molecule has 0 saturated heterocycles. The van der Waals surface area contributed by atoms with Gasteiger partial charge in [0.05, 0.1) is 23.3 Å². The van der Waals surface area contributed by atoms with E-state index in [0.29, 0.717) is 23.3 Å². The van der Waals surface area contributed by atoms with Gasteiger partial charge in [0.15, 0.2) is 0 Å². The molecule has 0 bridgehead atoms. The molecule has 3 nitrogen and oxygen atoms in total. The van der Waals surface area contributed by atoms with Crippen LogP contribution in [-0.2, 0) is 12.4 Å². The third kappa shape index (κ3) is 2.67. The van der Waals surface area contributed by atoms with Crippen LogP contribution in [0.4, 0.5) is 4.39 Å². The molecule has 0 aliphatic rings. The summed E-state index contributed by atoms with van der Waals surface area (Å²) in [7, 11) is 0. The summed E-state index contributed by atoms with van der Waals surface area (Å²) in [6.07, 6.45) is 0. The number of rotatable bonds is 3. The molecule has 2 aromatic carbocycles. The van der Waals surface area contributed by atoms with Crippen LogP contribution in [0, 0.1) is 5.82 Å². The summed E-state index contributed by atoms with van der Waals surface area (Å²) in [6.45, 7) is 0.318. The van der Waals surface area contributed by atoms with Crippen molar-refractivity contribution in [3.63, 3.8) is 0 Å². The Balaban J connectivity index is 2.14. The van der Waals surface area contributed by atoms with Crippen LogP contribution in [0.5, 0.6) is 0 Å². The quantitative estimate of drug-likeness (QED) is 0.696. The molecule has 3 rings (SSSR count). The Bertz CT molecular complexity index is 843. The van der Waals surface area contributed by atoms with Crippen LogP contribution in [0.25, 0.3) is 10.9 Å². The van der Waals surface area contributed by atoms with Gasteiger partial charge >= 0.3 is 0 Å². The van der Waals surface area contributed by atoms with Gasteiger partial charge in [-0.05, 0) is 29.8 Å². The molecular weight excluding hydrogens is 291 g/mol. The highest BCUT2D eigenvalue weighted by Gasteiger charge is 2.10. The van der Waals surface area contributed by atoms with Gasteiger partial charge in [0.1, 0.15) is 11.6 Å². The number of alkyl halides is 1. The van der Waals surface area contributed by atoms with Gasteiger partial charge in [-0.2, -0.15) is 0 Å². The molecule has 0 N–H and O–H groups in total. The Morgan fingerprint density at radius 3 is 2.52 bits per heavy atom. The number of nitrogens with zero attached hydrogens (tertiary/aromatic N) is 2. The highest BCUT2D eigenvalue weighted by Crippen LogP contribution is 2.12. The topological polar surface area (TPSA) is 34.9 Å². The van der Waals surface area contributed by atoms with E-state index in [4.69, 9.17) is 11.6 Å². The van der Waals surface area contributed by atoms with Crippen LogP contribution in [-0.4, -0.2) is 9.55 Å². The van der Waals surface area contributed by atoms with Crippen molar-refractivity contribution < 1.29 is 4.39 Å². The van der Waals surface area contributed by atoms with E-state index in [9.17, 15) is 9.18 Å². The van der Waals surface area contributed by atoms with E-state index in [-0.39, 0.29) is 17.3 Å². The van der Waals surface area contributed by atoms with E-state index < -0.39 is 0 Å². The minimum atomic E-state index is -0.305. The molecule has 0 spiro atoms. The lowest BCUT2D eigenvalue weighted by atomic mass is 10.2. The normalized spacial score (nSPS) is 11.0. The SMILES string of the molecule is O=c1c2ccccc2nc(CCl)n1Cc1ccc(F)cc1. The second-order valence-electron chi connectivity index (χ2n) is 4.70. The van der Waals surface area contributed by atoms with E-state index >= 15 is 0 Å². The number of hydrogen-bond donors (Lipinski definition) is 0. The summed E-state index contributed by atoms with van der Waals surface area (Å²) in [5, 5.41) is 0.550. The Hall–Kier alpha value is -2.20. The molecule has 106 valence electrons. The van der Waals surface area contributed by atoms with Gasteiger partial charge < -0.3 is 0 Å². The van der Waals surface area contributed by atoms with Gasteiger partial charge in [0, 0.05) is 0 Å². The van der Waals surface area contributed by atoms with Crippen LogP contribution in [0.1, 0.15) is 11.4 Å². The molecule has 1 heterocycles. The summed E-state index contributed by atoms with van der Waals surface area (Å²) in [6, 6.07) is 13.2. The smallest absolute Gasteiger partial charge is 0.261 e. The molecule has 0 aliphatic heterocycles. The summed E-state index contributed by atoms with van der Waals surface area (Å²) in [5.41, 5.74) is 1.32. The maximum absolute atomic E-state index is 13.0. The molecule has 0 amide bonds. The number of aromatic nitrogens is 2. The highest BCUT2D eigenvalue weighted by atomic mass is 35.5. The number of halogens is 2. The Morgan fingerprint density at radius 1 is 1.10 bits per heavy atom. The Labute approximate surface area is 125 Å². The number of hydrogen-bond acceptors (Lipinski definition) is 2. The first-order valence-corrected chi connectivity index (χ1v) is 7.01. The van der Waals surface area contributed by atoms with Crippen molar-refractivity contribution in [1.29, 1.82) is 0 Å². The molecule has 3 aromatic rings. The van der Waals surface area contributed by atoms with E-state index in [1.807, 2.05) is 6.07 Å². The Kier molecular flexibility index (Phi) is 3.71. The van der Waals surface area contributed by atoms with Gasteiger partial charge in [-0.15, -0.1) is 11.6 Å². The molecular formula is C16H12ClFN2O. The van der Waals surface area contributed by atoms with Gasteiger partial charge in [0.25, 0.3) is 5.56 Å². The zero-order chi connectivity index (χ0) is 14.8. The molecule has 5 heteroatoms. The Morgan fingerprint density at radius 2 is 1.81 bits per heavy atom. The fraction of sp³-hybridized carbons (Fsp3) is 0.125. The molecule has 0 aliphatic carbocycles. The van der Waals surface area contributed by atoms with Crippen molar-refractivity contribution in [3.8, 4) is 0 Å². The largest absolute Gasteiger partial charge is 0.291 e. The first kappa shape index (κ1) is 13.8. The summed E-state index contributed by atoms with van der Waals surface area (Å²) in [4.78, 5) is 17.0. The van der Waals surface area contributed by atoms with E-state index in [0.717, 1.165) is 5.56 Å². The lowest BCUT2D eigenvalue weighted by molar-refractivity contribution is 0.625. The van der Waals surface area contributed by atoms with Crippen molar-refractivity contribution in [2.75, 3.05) is 0 Å². The fourth-order valence-corrected chi connectivity index (χ4v) is 2.46. The van der Waals surface area contributed by atoms with E-state index in [2.05, 4.69) is 4.98 Å². The zero-order valence-corrected chi connectivity index (χ0v) is 11.8. The number of fused-ring (bicyclic) bond motifs is 1. The third-order valence-electron chi connectivity index (χ3n) is 3.31. The predicted octanol–water partition coefficient (Wildman–Crippen LogP) is 3.32. The van der Waals surface area contributed by atoms with Crippen LogP contribution in [0.3, 0.4) is 0 Å². The van der Waals surface area contributed by atoms with E-state index in [1.165, 1.54) is 16.7 Å². The molecule has 0 atom stereocenters. The van der Waals surface area contributed by atoms with E-state index in [1.54, 1.807) is 30.3 Å². The average molecular weight is 303 g/mol. The van der Waals surface area contributed by atoms with Crippen molar-refractivity contribution in [1.82, 2.24) is 9.55 Å². The molecule has 0 radical (unpaired) electrons. The fourth-order valence-electron chi connectivity index (χ4n) is 2.25. The summed E-state index contributed by atoms with van der Waals surface area (Å²) < 4.78 is 14.5. The first-order valence-electron chi connectivity index (χ1n) is 6.48. The second kappa shape index (κ2) is 5.66. The maximum Gasteiger partial charge on any atom is 0.261 e. The predicted molar refractivity (Wildman–Crippen MR) is 81.1 cm³/mol. The van der Waals surface area contributed by atoms with Gasteiger partial charge in [-0.3, -0.25) is 9.36 Å². The van der Waals surface area contributed by atoms with Crippen LogP contribution in [0.15, 0.2) is 53.3 Å². The molecule has 1 aromatic heterocycles. The molecule has 0 unspecified atom stereocenters. The minimum Gasteiger partial charge on any atom is -0.291 e. The maximum atomic E-state index is 13.0. The van der Waals surface area contributed by atoms with Gasteiger partial charge in [-0.1, -0.05) is 24.3 Å².